The third-order valence-electron chi connectivity index (χ3n) is 6.26. The van der Waals surface area contributed by atoms with E-state index in [0.717, 1.165) is 4.90 Å². The Labute approximate surface area is 259 Å². The predicted molar refractivity (Wildman–Crippen MR) is 166 cm³/mol. The quantitative estimate of drug-likeness (QED) is 0.262. The van der Waals surface area contributed by atoms with Gasteiger partial charge in [0.15, 0.2) is 0 Å². The normalized spacial score (nSPS) is 13.8. The molecule has 1 aromatic heterocycles. The lowest BCUT2D eigenvalue weighted by molar-refractivity contribution is 0.0126. The van der Waals surface area contributed by atoms with Crippen LogP contribution in [0.4, 0.5) is 16.3 Å². The number of ether oxygens (including phenoxy) is 2. The molecule has 4 rings (SSSR count). The fourth-order valence-corrected chi connectivity index (χ4v) is 4.93. The van der Waals surface area contributed by atoms with Gasteiger partial charge in [0.2, 0.25) is 0 Å². The molecule has 1 aliphatic heterocycles. The molecule has 0 saturated carbocycles. The van der Waals surface area contributed by atoms with Crippen molar-refractivity contribution in [2.75, 3.05) is 30.0 Å². The molecule has 1 fully saturated rings. The number of rotatable bonds is 7. The topological polar surface area (TPSA) is 110 Å². The number of pyridine rings is 1. The minimum atomic E-state index is -0.567. The minimum Gasteiger partial charge on any atom is -0.489 e. The Morgan fingerprint density at radius 3 is 2.26 bits per heavy atom. The Balaban J connectivity index is 1.49. The molecule has 0 aliphatic carbocycles. The van der Waals surface area contributed by atoms with Gasteiger partial charge in [0, 0.05) is 42.0 Å². The molecule has 1 saturated heterocycles. The van der Waals surface area contributed by atoms with Crippen molar-refractivity contribution in [3.63, 3.8) is 0 Å². The molecular weight excluding hydrogens is 599 g/mol. The summed E-state index contributed by atoms with van der Waals surface area (Å²) in [6.07, 6.45) is 3.98. The molecule has 12 heteroatoms. The Morgan fingerprint density at radius 2 is 1.62 bits per heavy atom. The van der Waals surface area contributed by atoms with Crippen LogP contribution >= 0.6 is 35.0 Å². The van der Waals surface area contributed by atoms with Crippen molar-refractivity contribution >= 4 is 64.4 Å². The molecule has 222 valence electrons. The van der Waals surface area contributed by atoms with Crippen LogP contribution in [-0.2, 0) is 4.74 Å². The van der Waals surface area contributed by atoms with E-state index in [-0.39, 0.29) is 23.4 Å². The summed E-state index contributed by atoms with van der Waals surface area (Å²) in [5.41, 5.74) is 0.164. The summed E-state index contributed by atoms with van der Waals surface area (Å²) in [6, 6.07) is 13.1. The third kappa shape index (κ3) is 8.53. The lowest BCUT2D eigenvalue weighted by Gasteiger charge is -2.33. The van der Waals surface area contributed by atoms with Crippen LogP contribution in [0.1, 0.15) is 54.3 Å². The van der Waals surface area contributed by atoms with Crippen molar-refractivity contribution < 1.29 is 23.9 Å². The number of likely N-dealkylation sites (tertiary alicyclic amines) is 1. The molecule has 1 aliphatic rings. The molecule has 2 N–H and O–H groups in total. The molecule has 0 spiro atoms. The standard InChI is InChI=1S/C30H32Cl2N4O5S/c1-30(2,3)41-29(39)36-13-11-20(12-14-36)40-25-16-21(42-4)7-8-22(25)27(37)34-24-9-5-18(31)15-23(24)28(38)35-26-10-6-19(32)17-33-26/h5-10,15-17,20H,11-14H2,1-4H3,(H,34,37)(H,33,35,38). The van der Waals surface area contributed by atoms with Gasteiger partial charge in [0.1, 0.15) is 23.3 Å². The number of nitrogens with one attached hydrogen (secondary N) is 2. The molecule has 3 amide bonds. The number of piperidine rings is 1. The van der Waals surface area contributed by atoms with Gasteiger partial charge in [-0.3, -0.25) is 9.59 Å². The van der Waals surface area contributed by atoms with Crippen LogP contribution in [0.3, 0.4) is 0 Å². The van der Waals surface area contributed by atoms with E-state index < -0.39 is 17.4 Å². The van der Waals surface area contributed by atoms with Gasteiger partial charge in [0.25, 0.3) is 11.8 Å². The predicted octanol–water partition coefficient (Wildman–Crippen LogP) is 7.39. The van der Waals surface area contributed by atoms with Gasteiger partial charge in [-0.2, -0.15) is 0 Å². The number of thioether (sulfide) groups is 1. The van der Waals surface area contributed by atoms with Gasteiger partial charge in [0.05, 0.1) is 21.8 Å². The fraction of sp³-hybridized carbons (Fsp3) is 0.333. The highest BCUT2D eigenvalue weighted by Gasteiger charge is 2.29. The zero-order valence-corrected chi connectivity index (χ0v) is 26.0. The van der Waals surface area contributed by atoms with E-state index in [2.05, 4.69) is 15.6 Å². The highest BCUT2D eigenvalue weighted by Crippen LogP contribution is 2.30. The summed E-state index contributed by atoms with van der Waals surface area (Å²) in [6.45, 7) is 6.47. The zero-order valence-electron chi connectivity index (χ0n) is 23.7. The Kier molecular flexibility index (Phi) is 10.2. The summed E-state index contributed by atoms with van der Waals surface area (Å²) >= 11 is 13.6. The Bertz CT molecular complexity index is 1460. The Hall–Kier alpha value is -3.47. The first-order valence-electron chi connectivity index (χ1n) is 13.3. The SMILES string of the molecule is CSc1ccc(C(=O)Nc2ccc(Cl)cc2C(=O)Nc2ccc(Cl)cn2)c(OC2CCN(C(=O)OC(C)(C)C)CC2)c1. The first-order chi connectivity index (χ1) is 19.9. The van der Waals surface area contributed by atoms with Gasteiger partial charge in [-0.05, 0) is 75.6 Å². The van der Waals surface area contributed by atoms with Gasteiger partial charge >= 0.3 is 6.09 Å². The van der Waals surface area contributed by atoms with Gasteiger partial charge < -0.3 is 25.0 Å². The molecular formula is C30H32Cl2N4O5S. The second kappa shape index (κ2) is 13.7. The van der Waals surface area contributed by atoms with E-state index in [1.54, 1.807) is 35.2 Å². The molecule has 3 aromatic rings. The number of amides is 3. The molecule has 2 aromatic carbocycles. The van der Waals surface area contributed by atoms with Crippen molar-refractivity contribution in [2.24, 2.45) is 0 Å². The number of aromatic nitrogens is 1. The number of hydrogen-bond donors (Lipinski definition) is 2. The van der Waals surface area contributed by atoms with Gasteiger partial charge in [-0.1, -0.05) is 23.2 Å². The largest absolute Gasteiger partial charge is 0.489 e. The summed E-state index contributed by atoms with van der Waals surface area (Å²) in [4.78, 5) is 45.8. The van der Waals surface area contributed by atoms with Crippen LogP contribution in [-0.4, -0.2) is 58.8 Å². The summed E-state index contributed by atoms with van der Waals surface area (Å²) < 4.78 is 11.8. The molecule has 42 heavy (non-hydrogen) atoms. The third-order valence-corrected chi connectivity index (χ3v) is 7.45. The van der Waals surface area contributed by atoms with Crippen molar-refractivity contribution in [3.8, 4) is 5.75 Å². The van der Waals surface area contributed by atoms with Gasteiger partial charge in [-0.15, -0.1) is 11.8 Å². The molecule has 2 heterocycles. The summed E-state index contributed by atoms with van der Waals surface area (Å²) in [5.74, 6) is -0.249. The van der Waals surface area contributed by atoms with Crippen LogP contribution in [0.2, 0.25) is 10.0 Å². The van der Waals surface area contributed by atoms with Crippen molar-refractivity contribution in [2.45, 2.75) is 50.2 Å². The van der Waals surface area contributed by atoms with Crippen LogP contribution in [0, 0.1) is 0 Å². The summed E-state index contributed by atoms with van der Waals surface area (Å²) in [7, 11) is 0. The first-order valence-corrected chi connectivity index (χ1v) is 15.3. The van der Waals surface area contributed by atoms with Crippen LogP contribution in [0.15, 0.2) is 59.6 Å². The monoisotopic (exact) mass is 630 g/mol. The molecule has 0 radical (unpaired) electrons. The number of anilines is 2. The van der Waals surface area contributed by atoms with E-state index in [1.807, 2.05) is 39.2 Å². The maximum Gasteiger partial charge on any atom is 0.410 e. The number of carbonyl (C=O) groups excluding carboxylic acids is 3. The molecule has 9 nitrogen and oxygen atoms in total. The van der Waals surface area contributed by atoms with Crippen LogP contribution in [0.5, 0.6) is 5.75 Å². The highest BCUT2D eigenvalue weighted by atomic mass is 35.5. The van der Waals surface area contributed by atoms with Crippen LogP contribution < -0.4 is 15.4 Å². The van der Waals surface area contributed by atoms with E-state index in [4.69, 9.17) is 32.7 Å². The number of nitrogens with zero attached hydrogens (tertiary/aromatic N) is 2. The number of benzene rings is 2. The smallest absolute Gasteiger partial charge is 0.410 e. The number of carbonyl (C=O) groups is 3. The van der Waals surface area contributed by atoms with Crippen molar-refractivity contribution in [1.82, 2.24) is 9.88 Å². The molecule has 0 atom stereocenters. The van der Waals surface area contributed by atoms with Crippen molar-refractivity contribution in [1.29, 1.82) is 0 Å². The molecule has 0 bridgehead atoms. The average molecular weight is 632 g/mol. The number of hydrogen-bond acceptors (Lipinski definition) is 7. The lowest BCUT2D eigenvalue weighted by Crippen LogP contribution is -2.44. The van der Waals surface area contributed by atoms with E-state index in [1.165, 1.54) is 24.0 Å². The minimum absolute atomic E-state index is 0.158. The lowest BCUT2D eigenvalue weighted by atomic mass is 10.1. The zero-order chi connectivity index (χ0) is 30.4. The van der Waals surface area contributed by atoms with Crippen molar-refractivity contribution in [3.05, 3.63) is 75.9 Å². The maximum atomic E-state index is 13.5. The van der Waals surface area contributed by atoms with Crippen LogP contribution in [0.25, 0.3) is 0 Å². The summed E-state index contributed by atoms with van der Waals surface area (Å²) in [5, 5.41) is 6.28. The second-order valence-electron chi connectivity index (χ2n) is 10.6. The highest BCUT2D eigenvalue weighted by molar-refractivity contribution is 7.98. The fourth-order valence-electron chi connectivity index (χ4n) is 4.21. The van der Waals surface area contributed by atoms with E-state index in [0.29, 0.717) is 53.1 Å². The molecule has 0 unspecified atom stereocenters. The second-order valence-corrected chi connectivity index (χ2v) is 12.4. The van der Waals surface area contributed by atoms with E-state index >= 15 is 0 Å². The van der Waals surface area contributed by atoms with E-state index in [9.17, 15) is 14.4 Å². The first kappa shape index (κ1) is 31.5. The maximum absolute atomic E-state index is 13.5. The number of halogens is 2. The Morgan fingerprint density at radius 1 is 0.929 bits per heavy atom. The van der Waals surface area contributed by atoms with Gasteiger partial charge in [-0.25, -0.2) is 9.78 Å². The average Bonchev–Trinajstić information content (AvgIpc) is 2.94.